The van der Waals surface area contributed by atoms with Crippen molar-refractivity contribution in [3.63, 3.8) is 0 Å². The second-order valence-electron chi connectivity index (χ2n) is 16.3. The Kier molecular flexibility index (Phi) is 6.51. The highest BCUT2D eigenvalue weighted by Crippen LogP contribution is 2.76. The van der Waals surface area contributed by atoms with Crippen molar-refractivity contribution in [1.29, 1.82) is 0 Å². The summed E-state index contributed by atoms with van der Waals surface area (Å²) in [7, 11) is 0. The summed E-state index contributed by atoms with van der Waals surface area (Å²) in [6.45, 7) is 15.0. The lowest BCUT2D eigenvalue weighted by molar-refractivity contribution is -0.312. The van der Waals surface area contributed by atoms with Gasteiger partial charge in [-0.25, -0.2) is 0 Å². The number of aliphatic carboxylic acids is 1. The molecule has 0 aliphatic heterocycles. The van der Waals surface area contributed by atoms with E-state index in [-0.39, 0.29) is 51.1 Å². The van der Waals surface area contributed by atoms with E-state index in [1.807, 2.05) is 13.8 Å². The van der Waals surface area contributed by atoms with Gasteiger partial charge in [-0.05, 0) is 103 Å². The summed E-state index contributed by atoms with van der Waals surface area (Å²) in [4.78, 5) is 39.9. The van der Waals surface area contributed by atoms with Gasteiger partial charge in [0.1, 0.15) is 5.78 Å². The summed E-state index contributed by atoms with van der Waals surface area (Å²) in [5, 5.41) is 10.5. The number of hydrogen-bond acceptors (Lipinski definition) is 4. The zero-order valence-corrected chi connectivity index (χ0v) is 25.2. The summed E-state index contributed by atoms with van der Waals surface area (Å²) in [6, 6.07) is 0. The lowest BCUT2D eigenvalue weighted by Gasteiger charge is -2.72. The van der Waals surface area contributed by atoms with Crippen molar-refractivity contribution in [2.75, 3.05) is 0 Å². The van der Waals surface area contributed by atoms with Gasteiger partial charge in [0.2, 0.25) is 0 Å². The molecule has 226 valence electrons. The first-order valence-corrected chi connectivity index (χ1v) is 15.2. The second kappa shape index (κ2) is 8.72. The average molecular weight is 569 g/mol. The molecule has 5 saturated carbocycles. The molecule has 0 spiro atoms. The highest BCUT2D eigenvalue weighted by molar-refractivity contribution is 5.86. The fraction of sp³-hybridized carbons (Fsp3) is 0.906. The number of fused-ring (bicyclic) bond motifs is 7. The van der Waals surface area contributed by atoms with Gasteiger partial charge in [0.15, 0.2) is 0 Å². The van der Waals surface area contributed by atoms with Crippen LogP contribution in [0.1, 0.15) is 113 Å². The molecular weight excluding hydrogens is 521 g/mol. The number of carboxylic acid groups (broad SMARTS) is 1. The van der Waals surface area contributed by atoms with Crippen molar-refractivity contribution in [2.45, 2.75) is 119 Å². The molecule has 9 atom stereocenters. The standard InChI is InChI=1S/C32H47F3O5/c1-26(2)12-14-31(25(38)39)15-13-30(7)23(19(31)17-26)20(36)16-22-28(5)10-8-18(24(37)40-32(33,34)35)27(3,4)21(28)9-11-29(22,30)6/h18-19,21-23H,8-17H2,1-7H3,(H,38,39)/t18-,19+,21+,22-,23+,28+,29-,30-,31+/m1/s1. The predicted molar refractivity (Wildman–Crippen MR) is 143 cm³/mol. The van der Waals surface area contributed by atoms with Crippen LogP contribution in [0, 0.1) is 62.1 Å². The fourth-order valence-electron chi connectivity index (χ4n) is 11.7. The minimum absolute atomic E-state index is 0.0169. The minimum Gasteiger partial charge on any atom is -0.481 e. The van der Waals surface area contributed by atoms with Crippen molar-refractivity contribution >= 4 is 17.7 Å². The van der Waals surface area contributed by atoms with E-state index in [2.05, 4.69) is 39.4 Å². The first kappa shape index (κ1) is 29.9. The third-order valence-corrected chi connectivity index (χ3v) is 14.0. The Morgan fingerprint density at radius 2 is 1.48 bits per heavy atom. The highest BCUT2D eigenvalue weighted by atomic mass is 19.4. The molecule has 0 amide bonds. The number of carbonyl (C=O) groups is 3. The van der Waals surface area contributed by atoms with Crippen LogP contribution < -0.4 is 0 Å². The maximum Gasteiger partial charge on any atom is 0.575 e. The largest absolute Gasteiger partial charge is 0.575 e. The molecule has 0 bridgehead atoms. The van der Waals surface area contributed by atoms with E-state index in [1.54, 1.807) is 0 Å². The summed E-state index contributed by atoms with van der Waals surface area (Å²) in [5.41, 5.74) is -2.46. The van der Waals surface area contributed by atoms with E-state index >= 15 is 0 Å². The molecule has 0 saturated heterocycles. The monoisotopic (exact) mass is 568 g/mol. The van der Waals surface area contributed by atoms with Gasteiger partial charge in [0.05, 0.1) is 11.3 Å². The molecule has 0 radical (unpaired) electrons. The molecule has 0 aromatic carbocycles. The van der Waals surface area contributed by atoms with Crippen LogP contribution in [0.5, 0.6) is 0 Å². The quantitative estimate of drug-likeness (QED) is 0.344. The number of carbonyl (C=O) groups excluding carboxylic acids is 2. The normalized spacial score (nSPS) is 47.6. The Balaban J connectivity index is 1.52. The van der Waals surface area contributed by atoms with Crippen LogP contribution in [-0.4, -0.2) is 29.2 Å². The van der Waals surface area contributed by atoms with Gasteiger partial charge in [-0.3, -0.25) is 14.4 Å². The predicted octanol–water partition coefficient (Wildman–Crippen LogP) is 7.81. The molecule has 5 aliphatic carbocycles. The number of carboxylic acids is 1. The topological polar surface area (TPSA) is 80.7 Å². The van der Waals surface area contributed by atoms with Gasteiger partial charge in [-0.15, -0.1) is 13.2 Å². The van der Waals surface area contributed by atoms with Gasteiger partial charge < -0.3 is 9.84 Å². The molecule has 1 N–H and O–H groups in total. The van der Waals surface area contributed by atoms with E-state index in [1.165, 1.54) is 0 Å². The molecule has 0 aromatic rings. The number of Topliss-reactive ketones (excluding diaryl/α,β-unsaturated/α-hetero) is 1. The molecule has 0 aromatic heterocycles. The Morgan fingerprint density at radius 3 is 2.08 bits per heavy atom. The number of esters is 1. The zero-order valence-electron chi connectivity index (χ0n) is 25.2. The van der Waals surface area contributed by atoms with Crippen LogP contribution in [0.4, 0.5) is 13.2 Å². The number of hydrogen-bond donors (Lipinski definition) is 1. The first-order chi connectivity index (χ1) is 18.1. The summed E-state index contributed by atoms with van der Waals surface area (Å²) >= 11 is 0. The van der Waals surface area contributed by atoms with E-state index in [0.29, 0.717) is 38.5 Å². The highest BCUT2D eigenvalue weighted by Gasteiger charge is 2.73. The van der Waals surface area contributed by atoms with Gasteiger partial charge in [-0.2, -0.15) is 0 Å². The number of rotatable bonds is 2. The van der Waals surface area contributed by atoms with Crippen LogP contribution in [0.2, 0.25) is 0 Å². The zero-order chi connectivity index (χ0) is 29.9. The van der Waals surface area contributed by atoms with Crippen molar-refractivity contribution in [3.05, 3.63) is 0 Å². The summed E-state index contributed by atoms with van der Waals surface area (Å²) in [5.74, 6) is -3.11. The third-order valence-electron chi connectivity index (χ3n) is 14.0. The van der Waals surface area contributed by atoms with E-state index in [0.717, 1.165) is 25.7 Å². The van der Waals surface area contributed by atoms with Crippen molar-refractivity contribution in [2.24, 2.45) is 62.1 Å². The summed E-state index contributed by atoms with van der Waals surface area (Å²) < 4.78 is 42.8. The van der Waals surface area contributed by atoms with Crippen LogP contribution in [0.25, 0.3) is 0 Å². The smallest absolute Gasteiger partial charge is 0.481 e. The summed E-state index contributed by atoms with van der Waals surface area (Å²) in [6.07, 6.45) is 1.32. The lowest BCUT2D eigenvalue weighted by atomic mass is 9.31. The van der Waals surface area contributed by atoms with Crippen molar-refractivity contribution in [3.8, 4) is 0 Å². The van der Waals surface area contributed by atoms with Gasteiger partial charge >= 0.3 is 18.3 Å². The van der Waals surface area contributed by atoms with E-state index < -0.39 is 35.0 Å². The van der Waals surface area contributed by atoms with Crippen molar-refractivity contribution in [1.82, 2.24) is 0 Å². The number of alkyl halides is 3. The molecule has 0 unspecified atom stereocenters. The lowest BCUT2D eigenvalue weighted by Crippen LogP contribution is -2.69. The average Bonchev–Trinajstić information content (AvgIpc) is 2.78. The van der Waals surface area contributed by atoms with Crippen LogP contribution in [-0.2, 0) is 19.1 Å². The molecule has 40 heavy (non-hydrogen) atoms. The number of halogens is 3. The van der Waals surface area contributed by atoms with Crippen LogP contribution in [0.3, 0.4) is 0 Å². The van der Waals surface area contributed by atoms with E-state index in [9.17, 15) is 32.7 Å². The number of ketones is 1. The maximum absolute atomic E-state index is 14.4. The minimum atomic E-state index is -5.00. The Morgan fingerprint density at radius 1 is 0.850 bits per heavy atom. The van der Waals surface area contributed by atoms with Crippen molar-refractivity contribution < 1.29 is 37.4 Å². The maximum atomic E-state index is 14.4. The number of ether oxygens (including phenoxy) is 1. The van der Waals surface area contributed by atoms with Gasteiger partial charge in [0.25, 0.3) is 0 Å². The molecule has 8 heteroatoms. The fourth-order valence-corrected chi connectivity index (χ4v) is 11.7. The van der Waals surface area contributed by atoms with Crippen LogP contribution >= 0.6 is 0 Å². The van der Waals surface area contributed by atoms with E-state index in [4.69, 9.17) is 0 Å². The second-order valence-corrected chi connectivity index (χ2v) is 16.3. The van der Waals surface area contributed by atoms with Gasteiger partial charge in [0, 0.05) is 12.3 Å². The third kappa shape index (κ3) is 3.95. The Labute approximate surface area is 236 Å². The molecule has 5 fully saturated rings. The Bertz CT molecular complexity index is 1110. The molecular formula is C32H47F3O5. The molecule has 5 rings (SSSR count). The SMILES string of the molecule is CC1(C)CC[C@]2(C(=O)O)CC[C@]3(C)[C@H](C(=O)C[C@@H]4[C@@]5(C)CC[C@H](C(=O)OC(F)(F)F)C(C)(C)[C@@H]5CC[C@]43C)[C@@H]2C1. The molecule has 5 aliphatic rings. The molecule has 5 nitrogen and oxygen atoms in total. The van der Waals surface area contributed by atoms with Gasteiger partial charge in [-0.1, -0.05) is 48.5 Å². The first-order valence-electron chi connectivity index (χ1n) is 15.2. The molecule has 0 heterocycles. The Hall–Kier alpha value is -1.60. The van der Waals surface area contributed by atoms with Crippen LogP contribution in [0.15, 0.2) is 0 Å².